The first-order valence-electron chi connectivity index (χ1n) is 6.56. The lowest BCUT2D eigenvalue weighted by atomic mass is 10.0. The Kier molecular flexibility index (Phi) is 2.67. The molecule has 1 aromatic heterocycles. The van der Waals surface area contributed by atoms with Crippen molar-refractivity contribution >= 4 is 16.7 Å². The van der Waals surface area contributed by atoms with Gasteiger partial charge in [-0.05, 0) is 50.1 Å². The lowest BCUT2D eigenvalue weighted by molar-refractivity contribution is 0.988. The van der Waals surface area contributed by atoms with Crippen molar-refractivity contribution in [2.24, 2.45) is 0 Å². The molecule has 0 unspecified atom stereocenters. The molecule has 0 saturated heterocycles. The summed E-state index contributed by atoms with van der Waals surface area (Å²) in [5, 5.41) is 0. The van der Waals surface area contributed by atoms with Crippen LogP contribution in [0.2, 0.25) is 0 Å². The average molecular weight is 267 g/mol. The number of aromatic nitrogens is 2. The lowest BCUT2D eigenvalue weighted by Gasteiger charge is -2.12. The van der Waals surface area contributed by atoms with E-state index < -0.39 is 0 Å². The van der Waals surface area contributed by atoms with Crippen molar-refractivity contribution in [2.75, 3.05) is 5.73 Å². The number of H-pyrrole nitrogens is 1. The van der Waals surface area contributed by atoms with Crippen LogP contribution in [-0.4, -0.2) is 9.55 Å². The highest BCUT2D eigenvalue weighted by molar-refractivity contribution is 5.81. The Hall–Kier alpha value is -2.49. The van der Waals surface area contributed by atoms with Crippen LogP contribution in [0.3, 0.4) is 0 Å². The fourth-order valence-corrected chi connectivity index (χ4v) is 2.87. The molecular formula is C16H17N3O. The molecule has 0 aliphatic carbocycles. The lowest BCUT2D eigenvalue weighted by Crippen LogP contribution is -2.17. The number of fused-ring (bicyclic) bond motifs is 1. The molecule has 0 atom stereocenters. The number of aryl methyl sites for hydroxylation is 3. The second kappa shape index (κ2) is 4.27. The average Bonchev–Trinajstić information content (AvgIpc) is 2.65. The summed E-state index contributed by atoms with van der Waals surface area (Å²) in [4.78, 5) is 15.2. The molecule has 0 bridgehead atoms. The predicted molar refractivity (Wildman–Crippen MR) is 82.5 cm³/mol. The van der Waals surface area contributed by atoms with Crippen molar-refractivity contribution in [2.45, 2.75) is 20.8 Å². The first-order valence-corrected chi connectivity index (χ1v) is 6.56. The van der Waals surface area contributed by atoms with Crippen molar-refractivity contribution < 1.29 is 0 Å². The summed E-state index contributed by atoms with van der Waals surface area (Å²) in [7, 11) is 0. The van der Waals surface area contributed by atoms with Crippen molar-refractivity contribution in [3.8, 4) is 5.69 Å². The summed E-state index contributed by atoms with van der Waals surface area (Å²) in [5.74, 6) is 0. The Morgan fingerprint density at radius 3 is 2.35 bits per heavy atom. The van der Waals surface area contributed by atoms with Gasteiger partial charge in [0.25, 0.3) is 0 Å². The molecule has 0 spiro atoms. The molecular weight excluding hydrogens is 250 g/mol. The second-order valence-electron chi connectivity index (χ2n) is 5.29. The van der Waals surface area contributed by atoms with Crippen LogP contribution in [0.1, 0.15) is 16.7 Å². The zero-order chi connectivity index (χ0) is 14.4. The van der Waals surface area contributed by atoms with Gasteiger partial charge in [-0.15, -0.1) is 0 Å². The van der Waals surface area contributed by atoms with Gasteiger partial charge >= 0.3 is 5.69 Å². The Morgan fingerprint density at radius 2 is 1.70 bits per heavy atom. The monoisotopic (exact) mass is 267 g/mol. The molecule has 0 radical (unpaired) electrons. The van der Waals surface area contributed by atoms with Gasteiger partial charge in [-0.3, -0.25) is 4.57 Å². The molecule has 3 aromatic rings. The molecule has 3 rings (SSSR count). The molecule has 4 nitrogen and oxygen atoms in total. The van der Waals surface area contributed by atoms with Crippen LogP contribution < -0.4 is 11.4 Å². The zero-order valence-electron chi connectivity index (χ0n) is 11.8. The van der Waals surface area contributed by atoms with Crippen LogP contribution in [0.15, 0.2) is 35.1 Å². The summed E-state index contributed by atoms with van der Waals surface area (Å²) in [6, 6.07) is 9.62. The second-order valence-corrected chi connectivity index (χ2v) is 5.29. The van der Waals surface area contributed by atoms with Gasteiger partial charge in [0.2, 0.25) is 0 Å². The fourth-order valence-electron chi connectivity index (χ4n) is 2.87. The largest absolute Gasteiger partial charge is 0.399 e. The highest BCUT2D eigenvalue weighted by Crippen LogP contribution is 2.24. The van der Waals surface area contributed by atoms with Gasteiger partial charge < -0.3 is 10.7 Å². The maximum absolute atomic E-state index is 12.3. The molecule has 0 fully saturated rings. The smallest absolute Gasteiger partial charge is 0.331 e. The molecule has 2 aromatic carbocycles. The third-order valence-electron chi connectivity index (χ3n) is 3.57. The van der Waals surface area contributed by atoms with Crippen molar-refractivity contribution in [1.82, 2.24) is 9.55 Å². The van der Waals surface area contributed by atoms with E-state index in [0.717, 1.165) is 27.8 Å². The third kappa shape index (κ3) is 1.81. The van der Waals surface area contributed by atoms with E-state index in [2.05, 4.69) is 24.0 Å². The van der Waals surface area contributed by atoms with Crippen molar-refractivity contribution in [3.05, 3.63) is 57.5 Å². The molecule has 0 aliphatic rings. The van der Waals surface area contributed by atoms with Crippen LogP contribution >= 0.6 is 0 Å². The highest BCUT2D eigenvalue weighted by atomic mass is 16.1. The van der Waals surface area contributed by atoms with Crippen LogP contribution in [0.25, 0.3) is 16.7 Å². The molecule has 3 N–H and O–H groups in total. The number of nitrogen functional groups attached to an aromatic ring is 1. The van der Waals surface area contributed by atoms with E-state index in [0.29, 0.717) is 5.69 Å². The summed E-state index contributed by atoms with van der Waals surface area (Å²) in [6.07, 6.45) is 0. The Labute approximate surface area is 116 Å². The number of hydrogen-bond acceptors (Lipinski definition) is 2. The predicted octanol–water partition coefficient (Wildman–Crippen LogP) is 2.83. The van der Waals surface area contributed by atoms with E-state index in [4.69, 9.17) is 5.73 Å². The van der Waals surface area contributed by atoms with E-state index >= 15 is 0 Å². The number of hydrogen-bond donors (Lipinski definition) is 2. The summed E-state index contributed by atoms with van der Waals surface area (Å²) >= 11 is 0. The minimum Gasteiger partial charge on any atom is -0.399 e. The minimum atomic E-state index is -0.138. The fraction of sp³-hybridized carbons (Fsp3) is 0.188. The van der Waals surface area contributed by atoms with Gasteiger partial charge in [0.05, 0.1) is 16.7 Å². The van der Waals surface area contributed by atoms with E-state index in [1.165, 1.54) is 5.56 Å². The number of rotatable bonds is 1. The Morgan fingerprint density at radius 1 is 1.05 bits per heavy atom. The maximum Gasteiger partial charge on any atom is 0.331 e. The number of imidazole rings is 1. The van der Waals surface area contributed by atoms with Gasteiger partial charge in [0, 0.05) is 5.69 Å². The first kappa shape index (κ1) is 12.5. The number of benzene rings is 2. The summed E-state index contributed by atoms with van der Waals surface area (Å²) < 4.78 is 1.70. The number of nitrogens with two attached hydrogens (primary N) is 1. The molecule has 0 aliphatic heterocycles. The molecule has 20 heavy (non-hydrogen) atoms. The quantitative estimate of drug-likeness (QED) is 0.666. The van der Waals surface area contributed by atoms with E-state index in [-0.39, 0.29) is 5.69 Å². The van der Waals surface area contributed by atoms with Gasteiger partial charge in [-0.1, -0.05) is 17.7 Å². The van der Waals surface area contributed by atoms with E-state index in [9.17, 15) is 4.79 Å². The van der Waals surface area contributed by atoms with Gasteiger partial charge in [-0.25, -0.2) is 4.79 Å². The van der Waals surface area contributed by atoms with Crippen molar-refractivity contribution in [3.63, 3.8) is 0 Å². The van der Waals surface area contributed by atoms with Crippen molar-refractivity contribution in [1.29, 1.82) is 0 Å². The number of nitrogens with one attached hydrogen (secondary N) is 1. The molecule has 0 saturated carbocycles. The molecule has 4 heteroatoms. The van der Waals surface area contributed by atoms with Crippen LogP contribution in [0.5, 0.6) is 0 Å². The topological polar surface area (TPSA) is 63.8 Å². The van der Waals surface area contributed by atoms with Crippen LogP contribution in [0.4, 0.5) is 5.69 Å². The highest BCUT2D eigenvalue weighted by Gasteiger charge is 2.13. The molecule has 102 valence electrons. The zero-order valence-corrected chi connectivity index (χ0v) is 11.8. The van der Waals surface area contributed by atoms with Gasteiger partial charge in [-0.2, -0.15) is 0 Å². The van der Waals surface area contributed by atoms with E-state index in [1.54, 1.807) is 10.6 Å². The Balaban J connectivity index is 2.44. The molecule has 0 amide bonds. The molecule has 1 heterocycles. The SMILES string of the molecule is Cc1cc(C)c(-n2c(=O)[nH]c3ccc(N)cc32)c(C)c1. The number of aromatic amines is 1. The minimum absolute atomic E-state index is 0.138. The number of nitrogens with zero attached hydrogens (tertiary/aromatic N) is 1. The van der Waals surface area contributed by atoms with Crippen LogP contribution in [0, 0.1) is 20.8 Å². The Bertz CT molecular complexity index is 848. The number of anilines is 1. The van der Waals surface area contributed by atoms with Gasteiger partial charge in [0.1, 0.15) is 0 Å². The summed E-state index contributed by atoms with van der Waals surface area (Å²) in [6.45, 7) is 6.10. The van der Waals surface area contributed by atoms with E-state index in [1.807, 2.05) is 26.0 Å². The normalized spacial score (nSPS) is 11.2. The van der Waals surface area contributed by atoms with Gasteiger partial charge in [0.15, 0.2) is 0 Å². The van der Waals surface area contributed by atoms with Crippen LogP contribution in [-0.2, 0) is 0 Å². The summed E-state index contributed by atoms with van der Waals surface area (Å²) in [5.41, 5.74) is 12.2. The third-order valence-corrected chi connectivity index (χ3v) is 3.57. The maximum atomic E-state index is 12.3. The first-order chi connectivity index (χ1) is 9.47. The standard InChI is InChI=1S/C16H17N3O/c1-9-6-10(2)15(11(3)7-9)19-14-8-12(17)4-5-13(14)18-16(19)20/h4-8H,17H2,1-3H3,(H,18,20).